The van der Waals surface area contributed by atoms with Crippen molar-refractivity contribution >= 4 is 11.7 Å². The zero-order chi connectivity index (χ0) is 15.4. The Labute approximate surface area is 130 Å². The number of carbonyl (C=O) groups excluding carboxylic acids is 1. The normalized spacial score (nSPS) is 21.7. The van der Waals surface area contributed by atoms with E-state index in [-0.39, 0.29) is 12.0 Å². The van der Waals surface area contributed by atoms with Crippen molar-refractivity contribution < 1.29 is 9.53 Å². The lowest BCUT2D eigenvalue weighted by Crippen LogP contribution is -2.49. The van der Waals surface area contributed by atoms with Gasteiger partial charge in [0.1, 0.15) is 5.82 Å². The van der Waals surface area contributed by atoms with Crippen molar-refractivity contribution in [3.63, 3.8) is 0 Å². The van der Waals surface area contributed by atoms with Gasteiger partial charge >= 0.3 is 0 Å². The maximum atomic E-state index is 12.3. The van der Waals surface area contributed by atoms with Crippen molar-refractivity contribution in [2.75, 3.05) is 37.7 Å². The Hall–Kier alpha value is -2.13. The van der Waals surface area contributed by atoms with Gasteiger partial charge < -0.3 is 14.5 Å². The molecule has 3 rings (SSSR count). The zero-order valence-electron chi connectivity index (χ0n) is 12.6. The highest BCUT2D eigenvalue weighted by molar-refractivity contribution is 5.77. The van der Waals surface area contributed by atoms with Gasteiger partial charge in [0.15, 0.2) is 0 Å². The predicted octanol–water partition coefficient (Wildman–Crippen LogP) is 1.17. The summed E-state index contributed by atoms with van der Waals surface area (Å²) in [6.07, 6.45) is 4.33. The fourth-order valence-electron chi connectivity index (χ4n) is 2.98. The molecule has 2 saturated heterocycles. The summed E-state index contributed by atoms with van der Waals surface area (Å²) in [6.45, 7) is 3.68. The summed E-state index contributed by atoms with van der Waals surface area (Å²) in [5.41, 5.74) is 0.613. The van der Waals surface area contributed by atoms with Gasteiger partial charge in [0.2, 0.25) is 5.91 Å². The van der Waals surface area contributed by atoms with E-state index in [4.69, 9.17) is 10.00 Å². The van der Waals surface area contributed by atoms with Crippen LogP contribution in [-0.4, -0.2) is 54.7 Å². The highest BCUT2D eigenvalue weighted by Gasteiger charge is 2.26. The number of piperazine rings is 1. The predicted molar refractivity (Wildman–Crippen MR) is 81.3 cm³/mol. The Bertz CT molecular complexity index is 570. The van der Waals surface area contributed by atoms with E-state index in [0.29, 0.717) is 25.1 Å². The molecule has 0 aliphatic carbocycles. The van der Waals surface area contributed by atoms with Gasteiger partial charge in [-0.05, 0) is 25.0 Å². The molecule has 0 saturated carbocycles. The van der Waals surface area contributed by atoms with Gasteiger partial charge in [0.25, 0.3) is 0 Å². The molecule has 2 aliphatic heterocycles. The van der Waals surface area contributed by atoms with Crippen LogP contribution in [0.25, 0.3) is 0 Å². The van der Waals surface area contributed by atoms with Crippen LogP contribution in [0.4, 0.5) is 5.82 Å². The second-order valence-corrected chi connectivity index (χ2v) is 5.72. The first-order valence-corrected chi connectivity index (χ1v) is 7.77. The molecule has 6 nitrogen and oxygen atoms in total. The van der Waals surface area contributed by atoms with Gasteiger partial charge in [-0.15, -0.1) is 0 Å². The van der Waals surface area contributed by atoms with Crippen LogP contribution in [0.3, 0.4) is 0 Å². The maximum Gasteiger partial charge on any atom is 0.225 e. The number of nitriles is 1. The van der Waals surface area contributed by atoms with Gasteiger partial charge in [0, 0.05) is 39.0 Å². The first kappa shape index (κ1) is 14.8. The molecule has 0 bridgehead atoms. The van der Waals surface area contributed by atoms with Crippen LogP contribution in [0, 0.1) is 11.3 Å². The summed E-state index contributed by atoms with van der Waals surface area (Å²) in [6, 6.07) is 5.62. The van der Waals surface area contributed by atoms with Crippen molar-refractivity contribution in [3.05, 3.63) is 23.9 Å². The number of ether oxygens (including phenoxy) is 1. The van der Waals surface area contributed by atoms with Crippen molar-refractivity contribution in [2.45, 2.75) is 25.4 Å². The molecule has 1 amide bonds. The lowest BCUT2D eigenvalue weighted by Gasteiger charge is -2.35. The molecule has 0 N–H and O–H groups in total. The second-order valence-electron chi connectivity index (χ2n) is 5.72. The molecule has 0 unspecified atom stereocenters. The summed E-state index contributed by atoms with van der Waals surface area (Å²) >= 11 is 0. The van der Waals surface area contributed by atoms with Crippen molar-refractivity contribution in [1.82, 2.24) is 9.88 Å². The summed E-state index contributed by atoms with van der Waals surface area (Å²) in [7, 11) is 0. The van der Waals surface area contributed by atoms with E-state index in [0.717, 1.165) is 38.4 Å². The Morgan fingerprint density at radius 1 is 1.41 bits per heavy atom. The fourth-order valence-corrected chi connectivity index (χ4v) is 2.98. The third kappa shape index (κ3) is 3.37. The molecule has 116 valence electrons. The largest absolute Gasteiger partial charge is 0.378 e. The highest BCUT2D eigenvalue weighted by Crippen LogP contribution is 2.18. The average Bonchev–Trinajstić information content (AvgIpc) is 3.08. The van der Waals surface area contributed by atoms with Crippen molar-refractivity contribution in [2.24, 2.45) is 0 Å². The van der Waals surface area contributed by atoms with Crippen molar-refractivity contribution in [1.29, 1.82) is 5.26 Å². The number of hydrogen-bond acceptors (Lipinski definition) is 5. The van der Waals surface area contributed by atoms with E-state index < -0.39 is 0 Å². The number of hydrogen-bond donors (Lipinski definition) is 0. The SMILES string of the molecule is N#Cc1ccnc(N2CCN(C(=O)C[C@@H]3CCCO3)CC2)c1. The number of carbonyl (C=O) groups is 1. The van der Waals surface area contributed by atoms with E-state index in [2.05, 4.69) is 16.0 Å². The van der Waals surface area contributed by atoms with Gasteiger partial charge in [-0.25, -0.2) is 4.98 Å². The number of rotatable bonds is 3. The molecule has 3 heterocycles. The first-order valence-electron chi connectivity index (χ1n) is 7.77. The molecule has 1 aromatic heterocycles. The van der Waals surface area contributed by atoms with Crippen LogP contribution in [0.15, 0.2) is 18.3 Å². The minimum absolute atomic E-state index is 0.111. The Morgan fingerprint density at radius 3 is 2.91 bits per heavy atom. The molecule has 0 radical (unpaired) electrons. The van der Waals surface area contributed by atoms with Gasteiger partial charge in [-0.1, -0.05) is 0 Å². The van der Waals surface area contributed by atoms with Gasteiger partial charge in [0.05, 0.1) is 24.2 Å². The maximum absolute atomic E-state index is 12.3. The second kappa shape index (κ2) is 6.75. The van der Waals surface area contributed by atoms with E-state index in [1.807, 2.05) is 4.90 Å². The molecule has 1 aromatic rings. The van der Waals surface area contributed by atoms with Crippen LogP contribution in [0.1, 0.15) is 24.8 Å². The van der Waals surface area contributed by atoms with E-state index in [1.165, 1.54) is 0 Å². The van der Waals surface area contributed by atoms with Crippen LogP contribution in [0.2, 0.25) is 0 Å². The number of anilines is 1. The minimum atomic E-state index is 0.111. The Balaban J connectivity index is 1.53. The lowest BCUT2D eigenvalue weighted by atomic mass is 10.1. The topological polar surface area (TPSA) is 69.5 Å². The Kier molecular flexibility index (Phi) is 4.54. The summed E-state index contributed by atoms with van der Waals surface area (Å²) in [5, 5.41) is 8.95. The summed E-state index contributed by atoms with van der Waals surface area (Å²) < 4.78 is 5.53. The molecule has 2 aliphatic rings. The quantitative estimate of drug-likeness (QED) is 0.838. The van der Waals surface area contributed by atoms with Crippen molar-refractivity contribution in [3.8, 4) is 6.07 Å². The van der Waals surface area contributed by atoms with Crippen LogP contribution >= 0.6 is 0 Å². The molecular weight excluding hydrogens is 280 g/mol. The lowest BCUT2D eigenvalue weighted by molar-refractivity contribution is -0.133. The third-order valence-electron chi connectivity index (χ3n) is 4.26. The molecule has 6 heteroatoms. The third-order valence-corrected chi connectivity index (χ3v) is 4.26. The monoisotopic (exact) mass is 300 g/mol. The first-order chi connectivity index (χ1) is 10.8. The van der Waals surface area contributed by atoms with Crippen LogP contribution < -0.4 is 4.90 Å². The van der Waals surface area contributed by atoms with E-state index >= 15 is 0 Å². The number of aromatic nitrogens is 1. The van der Waals surface area contributed by atoms with Gasteiger partial charge in [-0.3, -0.25) is 4.79 Å². The summed E-state index contributed by atoms with van der Waals surface area (Å²) in [4.78, 5) is 20.6. The zero-order valence-corrected chi connectivity index (χ0v) is 12.6. The minimum Gasteiger partial charge on any atom is -0.378 e. The number of amides is 1. The molecule has 2 fully saturated rings. The molecule has 0 spiro atoms. The van der Waals surface area contributed by atoms with Gasteiger partial charge in [-0.2, -0.15) is 5.26 Å². The average molecular weight is 300 g/mol. The number of pyridine rings is 1. The smallest absolute Gasteiger partial charge is 0.225 e. The van der Waals surface area contributed by atoms with E-state index in [1.54, 1.807) is 18.3 Å². The van der Waals surface area contributed by atoms with Crippen LogP contribution in [0.5, 0.6) is 0 Å². The standard InChI is InChI=1S/C16H20N4O2/c17-12-13-3-4-18-15(10-13)19-5-7-20(8-6-19)16(21)11-14-2-1-9-22-14/h3-4,10,14H,1-2,5-9,11H2/t14-/m0/s1. The molecule has 1 atom stereocenters. The molecule has 0 aromatic carbocycles. The van der Waals surface area contributed by atoms with E-state index in [9.17, 15) is 4.79 Å². The molecule has 22 heavy (non-hydrogen) atoms. The highest BCUT2D eigenvalue weighted by atomic mass is 16.5. The Morgan fingerprint density at radius 2 is 2.23 bits per heavy atom. The number of nitrogens with zero attached hydrogens (tertiary/aromatic N) is 4. The fraction of sp³-hybridized carbons (Fsp3) is 0.562. The summed E-state index contributed by atoms with van der Waals surface area (Å²) in [5.74, 6) is 0.996. The van der Waals surface area contributed by atoms with Crippen LogP contribution in [-0.2, 0) is 9.53 Å². The molecular formula is C16H20N4O2.